The van der Waals surface area contributed by atoms with Crippen molar-refractivity contribution in [3.63, 3.8) is 0 Å². The minimum absolute atomic E-state index is 0.202. The van der Waals surface area contributed by atoms with E-state index in [9.17, 15) is 0 Å². The van der Waals surface area contributed by atoms with Gasteiger partial charge in [-0.3, -0.25) is 5.10 Å². The molecule has 80 valence electrons. The van der Waals surface area contributed by atoms with Gasteiger partial charge in [0.2, 0.25) is 0 Å². The Morgan fingerprint density at radius 2 is 2.47 bits per heavy atom. The van der Waals surface area contributed by atoms with Crippen LogP contribution in [0.1, 0.15) is 35.9 Å². The molecular formula is C10H14N4S. The van der Waals surface area contributed by atoms with Crippen molar-refractivity contribution >= 4 is 11.3 Å². The third-order valence-electron chi connectivity index (χ3n) is 2.16. The minimum Gasteiger partial charge on any atom is -0.317 e. The first kappa shape index (κ1) is 10.3. The molecule has 2 rings (SSSR count). The fraction of sp³-hybridized carbons (Fsp3) is 0.400. The summed E-state index contributed by atoms with van der Waals surface area (Å²) < 4.78 is 0. The summed E-state index contributed by atoms with van der Waals surface area (Å²) in [6, 6.07) is 3.79. The Morgan fingerprint density at radius 1 is 1.60 bits per heavy atom. The van der Waals surface area contributed by atoms with E-state index in [0.717, 1.165) is 23.5 Å². The molecule has 3 N–H and O–H groups in total. The number of hydrogen-bond donors (Lipinski definition) is 2. The maximum Gasteiger partial charge on any atom is 0.172 e. The van der Waals surface area contributed by atoms with Gasteiger partial charge in [0.15, 0.2) is 5.82 Å². The van der Waals surface area contributed by atoms with Crippen LogP contribution in [0.15, 0.2) is 17.5 Å². The van der Waals surface area contributed by atoms with Gasteiger partial charge in [-0.2, -0.15) is 5.10 Å². The molecule has 0 spiro atoms. The van der Waals surface area contributed by atoms with Gasteiger partial charge in [0, 0.05) is 11.3 Å². The maximum atomic E-state index is 6.04. The lowest BCUT2D eigenvalue weighted by atomic mass is 10.2. The van der Waals surface area contributed by atoms with Crippen LogP contribution < -0.4 is 5.73 Å². The summed E-state index contributed by atoms with van der Waals surface area (Å²) in [7, 11) is 0. The number of nitrogens with one attached hydrogen (secondary N) is 1. The monoisotopic (exact) mass is 222 g/mol. The van der Waals surface area contributed by atoms with E-state index in [1.807, 2.05) is 17.5 Å². The van der Waals surface area contributed by atoms with E-state index in [4.69, 9.17) is 5.73 Å². The Hall–Kier alpha value is -1.20. The molecule has 0 aliphatic carbocycles. The number of nitrogens with two attached hydrogens (primary N) is 1. The Kier molecular flexibility index (Phi) is 3.13. The number of thiophene rings is 1. The largest absolute Gasteiger partial charge is 0.317 e. The van der Waals surface area contributed by atoms with Gasteiger partial charge in [0.1, 0.15) is 11.9 Å². The Labute approximate surface area is 92.5 Å². The summed E-state index contributed by atoms with van der Waals surface area (Å²) in [6.07, 6.45) is 1.98. The van der Waals surface area contributed by atoms with E-state index in [-0.39, 0.29) is 6.04 Å². The van der Waals surface area contributed by atoms with Crippen molar-refractivity contribution < 1.29 is 0 Å². The SMILES string of the molecule is CCCc1nc(C(N)c2cccs2)n[nH]1. The van der Waals surface area contributed by atoms with Crippen LogP contribution in [-0.2, 0) is 6.42 Å². The van der Waals surface area contributed by atoms with E-state index in [2.05, 4.69) is 22.1 Å². The number of nitrogens with zero attached hydrogens (tertiary/aromatic N) is 2. The molecule has 0 aliphatic rings. The van der Waals surface area contributed by atoms with Gasteiger partial charge in [-0.1, -0.05) is 13.0 Å². The highest BCUT2D eigenvalue weighted by Crippen LogP contribution is 2.20. The predicted octanol–water partition coefficient (Wildman–Crippen LogP) is 1.87. The van der Waals surface area contributed by atoms with Gasteiger partial charge < -0.3 is 5.73 Å². The van der Waals surface area contributed by atoms with E-state index in [1.54, 1.807) is 11.3 Å². The molecule has 1 atom stereocenters. The molecule has 0 aliphatic heterocycles. The molecule has 2 aromatic heterocycles. The Bertz CT molecular complexity index is 407. The van der Waals surface area contributed by atoms with Crippen LogP contribution in [-0.4, -0.2) is 15.2 Å². The average molecular weight is 222 g/mol. The summed E-state index contributed by atoms with van der Waals surface area (Å²) >= 11 is 1.63. The zero-order valence-electron chi connectivity index (χ0n) is 8.60. The zero-order chi connectivity index (χ0) is 10.7. The van der Waals surface area contributed by atoms with Crippen LogP contribution in [0.3, 0.4) is 0 Å². The molecule has 0 radical (unpaired) electrons. The molecule has 15 heavy (non-hydrogen) atoms. The molecule has 4 nitrogen and oxygen atoms in total. The van der Waals surface area contributed by atoms with Gasteiger partial charge in [-0.25, -0.2) is 4.98 Å². The summed E-state index contributed by atoms with van der Waals surface area (Å²) in [4.78, 5) is 5.47. The van der Waals surface area contributed by atoms with Crippen molar-refractivity contribution in [3.8, 4) is 0 Å². The highest BCUT2D eigenvalue weighted by Gasteiger charge is 2.14. The lowest BCUT2D eigenvalue weighted by Gasteiger charge is -2.02. The third kappa shape index (κ3) is 2.24. The minimum atomic E-state index is -0.202. The molecule has 5 heteroatoms. The van der Waals surface area contributed by atoms with Gasteiger partial charge in [-0.05, 0) is 17.9 Å². The predicted molar refractivity (Wildman–Crippen MR) is 60.7 cm³/mol. The van der Waals surface area contributed by atoms with Crippen molar-refractivity contribution in [2.75, 3.05) is 0 Å². The Balaban J connectivity index is 2.15. The second-order valence-corrected chi connectivity index (χ2v) is 4.36. The Morgan fingerprint density at radius 3 is 3.13 bits per heavy atom. The molecule has 0 bridgehead atoms. The zero-order valence-corrected chi connectivity index (χ0v) is 9.42. The molecule has 0 aromatic carbocycles. The standard InChI is InChI=1S/C10H14N4S/c1-2-4-8-12-10(14-13-8)9(11)7-5-3-6-15-7/h3,5-6,9H,2,4,11H2,1H3,(H,12,13,14). The molecule has 0 fully saturated rings. The highest BCUT2D eigenvalue weighted by molar-refractivity contribution is 7.10. The smallest absolute Gasteiger partial charge is 0.172 e. The highest BCUT2D eigenvalue weighted by atomic mass is 32.1. The van der Waals surface area contributed by atoms with Crippen molar-refractivity contribution in [2.45, 2.75) is 25.8 Å². The molecule has 2 aromatic rings. The molecule has 1 unspecified atom stereocenters. The molecule has 0 amide bonds. The second kappa shape index (κ2) is 4.55. The summed E-state index contributed by atoms with van der Waals surface area (Å²) in [5, 5.41) is 9.06. The molecular weight excluding hydrogens is 208 g/mol. The first-order chi connectivity index (χ1) is 7.31. The number of rotatable bonds is 4. The summed E-state index contributed by atoms with van der Waals surface area (Å²) in [6.45, 7) is 2.11. The maximum absolute atomic E-state index is 6.04. The lowest BCUT2D eigenvalue weighted by molar-refractivity contribution is 0.800. The van der Waals surface area contributed by atoms with Gasteiger partial charge in [0.25, 0.3) is 0 Å². The fourth-order valence-corrected chi connectivity index (χ4v) is 2.12. The normalized spacial score (nSPS) is 12.9. The second-order valence-electron chi connectivity index (χ2n) is 3.38. The van der Waals surface area contributed by atoms with Crippen molar-refractivity contribution in [3.05, 3.63) is 34.0 Å². The van der Waals surface area contributed by atoms with Gasteiger partial charge in [-0.15, -0.1) is 11.3 Å². The molecule has 0 saturated carbocycles. The van der Waals surface area contributed by atoms with Crippen molar-refractivity contribution in [1.29, 1.82) is 0 Å². The first-order valence-corrected chi connectivity index (χ1v) is 5.89. The quantitative estimate of drug-likeness (QED) is 0.829. The fourth-order valence-electron chi connectivity index (χ4n) is 1.39. The first-order valence-electron chi connectivity index (χ1n) is 5.01. The number of hydrogen-bond acceptors (Lipinski definition) is 4. The van der Waals surface area contributed by atoms with E-state index in [1.165, 1.54) is 0 Å². The number of aryl methyl sites for hydroxylation is 1. The molecule has 0 saturated heterocycles. The van der Waals surface area contributed by atoms with Gasteiger partial charge in [0.05, 0.1) is 0 Å². The lowest BCUT2D eigenvalue weighted by Crippen LogP contribution is -2.12. The summed E-state index contributed by atoms with van der Waals surface area (Å²) in [5.74, 6) is 1.60. The number of H-pyrrole nitrogens is 1. The topological polar surface area (TPSA) is 67.6 Å². The van der Waals surface area contributed by atoms with E-state index >= 15 is 0 Å². The molecule has 2 heterocycles. The van der Waals surface area contributed by atoms with Crippen LogP contribution in [0.2, 0.25) is 0 Å². The van der Waals surface area contributed by atoms with Crippen LogP contribution in [0.4, 0.5) is 0 Å². The van der Waals surface area contributed by atoms with Crippen LogP contribution >= 0.6 is 11.3 Å². The number of aromatic nitrogens is 3. The van der Waals surface area contributed by atoms with E-state index < -0.39 is 0 Å². The van der Waals surface area contributed by atoms with E-state index in [0.29, 0.717) is 5.82 Å². The average Bonchev–Trinajstić information content (AvgIpc) is 2.87. The third-order valence-corrected chi connectivity index (χ3v) is 3.12. The van der Waals surface area contributed by atoms with Gasteiger partial charge >= 0.3 is 0 Å². The van der Waals surface area contributed by atoms with Crippen molar-refractivity contribution in [2.24, 2.45) is 5.73 Å². The number of aromatic amines is 1. The van der Waals surface area contributed by atoms with Crippen LogP contribution in [0.5, 0.6) is 0 Å². The van der Waals surface area contributed by atoms with Crippen LogP contribution in [0, 0.1) is 0 Å². The van der Waals surface area contributed by atoms with Crippen LogP contribution in [0.25, 0.3) is 0 Å². The summed E-state index contributed by atoms with van der Waals surface area (Å²) in [5.41, 5.74) is 6.04. The van der Waals surface area contributed by atoms with Crippen molar-refractivity contribution in [1.82, 2.24) is 15.2 Å².